The van der Waals surface area contributed by atoms with Crippen molar-refractivity contribution in [3.8, 4) is 22.9 Å². The second-order valence-corrected chi connectivity index (χ2v) is 7.39. The van der Waals surface area contributed by atoms with Gasteiger partial charge in [0.1, 0.15) is 19.0 Å². The number of rotatable bonds is 5. The molecule has 8 nitrogen and oxygen atoms in total. The number of nitrogens with zero attached hydrogens (tertiary/aromatic N) is 2. The van der Waals surface area contributed by atoms with Crippen LogP contribution in [-0.2, 0) is 16.6 Å². The third-order valence-corrected chi connectivity index (χ3v) is 5.22. The molecule has 0 unspecified atom stereocenters. The van der Waals surface area contributed by atoms with Crippen molar-refractivity contribution in [1.29, 1.82) is 0 Å². The molecule has 10 heteroatoms. The van der Waals surface area contributed by atoms with E-state index in [1.54, 1.807) is 12.1 Å². The maximum atomic E-state index is 13.8. The first-order chi connectivity index (χ1) is 13.0. The minimum Gasteiger partial charge on any atom is -0.486 e. The standard InChI is InChI=1S/C17H14FN3O5S/c18-13-4-2-1-3-12(13)17-20-16(26-21-17)10-19-27(22,23)11-5-6-14-15(9-11)25-8-7-24-14/h1-6,9,19H,7-8,10H2. The zero-order chi connectivity index (χ0) is 18.9. The fourth-order valence-electron chi connectivity index (χ4n) is 2.51. The van der Waals surface area contributed by atoms with E-state index < -0.39 is 15.8 Å². The van der Waals surface area contributed by atoms with Crippen LogP contribution in [0.1, 0.15) is 5.89 Å². The number of ether oxygens (including phenoxy) is 2. The summed E-state index contributed by atoms with van der Waals surface area (Å²) in [5.41, 5.74) is 0.169. The van der Waals surface area contributed by atoms with Crippen molar-refractivity contribution in [3.63, 3.8) is 0 Å². The number of hydrogen-bond donors (Lipinski definition) is 1. The van der Waals surface area contributed by atoms with Crippen LogP contribution in [0.3, 0.4) is 0 Å². The summed E-state index contributed by atoms with van der Waals surface area (Å²) < 4.78 is 56.8. The second kappa shape index (κ2) is 6.97. The maximum Gasteiger partial charge on any atom is 0.242 e. The van der Waals surface area contributed by atoms with E-state index in [0.29, 0.717) is 24.7 Å². The molecule has 0 bridgehead atoms. The molecule has 1 aromatic heterocycles. The highest BCUT2D eigenvalue weighted by molar-refractivity contribution is 7.89. The average molecular weight is 391 g/mol. The van der Waals surface area contributed by atoms with Gasteiger partial charge in [0.15, 0.2) is 11.5 Å². The average Bonchev–Trinajstić information content (AvgIpc) is 3.15. The summed E-state index contributed by atoms with van der Waals surface area (Å²) in [6, 6.07) is 10.3. The van der Waals surface area contributed by atoms with Crippen molar-refractivity contribution in [2.24, 2.45) is 0 Å². The number of halogens is 1. The van der Waals surface area contributed by atoms with Gasteiger partial charge >= 0.3 is 0 Å². The molecule has 1 aliphatic heterocycles. The van der Waals surface area contributed by atoms with Crippen LogP contribution in [-0.4, -0.2) is 31.8 Å². The number of hydrogen-bond acceptors (Lipinski definition) is 7. The molecule has 2 aromatic carbocycles. The number of nitrogens with one attached hydrogen (secondary N) is 1. The van der Waals surface area contributed by atoms with Gasteiger partial charge in [-0.2, -0.15) is 4.98 Å². The van der Waals surface area contributed by atoms with Crippen LogP contribution in [0.25, 0.3) is 11.4 Å². The van der Waals surface area contributed by atoms with E-state index in [4.69, 9.17) is 14.0 Å². The summed E-state index contributed by atoms with van der Waals surface area (Å²) in [4.78, 5) is 4.03. The Morgan fingerprint density at radius 1 is 1.07 bits per heavy atom. The van der Waals surface area contributed by atoms with Crippen molar-refractivity contribution in [3.05, 3.63) is 54.2 Å². The molecule has 1 aliphatic rings. The predicted octanol–water partition coefficient (Wildman–Crippen LogP) is 2.13. The largest absolute Gasteiger partial charge is 0.486 e. The quantitative estimate of drug-likeness (QED) is 0.710. The lowest BCUT2D eigenvalue weighted by atomic mass is 10.2. The third-order valence-electron chi connectivity index (χ3n) is 3.82. The Morgan fingerprint density at radius 3 is 2.67 bits per heavy atom. The Hall–Kier alpha value is -2.98. The van der Waals surface area contributed by atoms with Crippen molar-refractivity contribution in [2.75, 3.05) is 13.2 Å². The maximum absolute atomic E-state index is 13.8. The summed E-state index contributed by atoms with van der Waals surface area (Å²) in [5.74, 6) is 0.410. The Balaban J connectivity index is 1.49. The van der Waals surface area contributed by atoms with Crippen LogP contribution < -0.4 is 14.2 Å². The Kier molecular flexibility index (Phi) is 4.50. The van der Waals surface area contributed by atoms with Gasteiger partial charge in [-0.3, -0.25) is 0 Å². The lowest BCUT2D eigenvalue weighted by molar-refractivity contribution is 0.171. The van der Waals surface area contributed by atoms with Crippen molar-refractivity contribution in [2.45, 2.75) is 11.4 Å². The molecule has 0 saturated carbocycles. The summed E-state index contributed by atoms with van der Waals surface area (Å²) >= 11 is 0. The van der Waals surface area contributed by atoms with E-state index in [1.807, 2.05) is 0 Å². The fraction of sp³-hybridized carbons (Fsp3) is 0.176. The van der Waals surface area contributed by atoms with E-state index in [0.717, 1.165) is 0 Å². The first-order valence-electron chi connectivity index (χ1n) is 8.00. The summed E-state index contributed by atoms with van der Waals surface area (Å²) in [7, 11) is -3.84. The lowest BCUT2D eigenvalue weighted by Gasteiger charge is -2.18. The molecule has 0 amide bonds. The summed E-state index contributed by atoms with van der Waals surface area (Å²) in [5, 5.41) is 3.68. The van der Waals surface area contributed by atoms with Crippen LogP contribution in [0.2, 0.25) is 0 Å². The monoisotopic (exact) mass is 391 g/mol. The van der Waals surface area contributed by atoms with E-state index in [9.17, 15) is 12.8 Å². The van der Waals surface area contributed by atoms with Gasteiger partial charge in [-0.1, -0.05) is 17.3 Å². The molecule has 1 N–H and O–H groups in total. The van der Waals surface area contributed by atoms with Gasteiger partial charge in [-0.25, -0.2) is 17.5 Å². The van der Waals surface area contributed by atoms with Crippen LogP contribution in [0.4, 0.5) is 4.39 Å². The third kappa shape index (κ3) is 3.62. The predicted molar refractivity (Wildman–Crippen MR) is 91.1 cm³/mol. The number of aromatic nitrogens is 2. The summed E-state index contributed by atoms with van der Waals surface area (Å²) in [6.07, 6.45) is 0. The lowest BCUT2D eigenvalue weighted by Crippen LogP contribution is -2.24. The first-order valence-corrected chi connectivity index (χ1v) is 9.48. The van der Waals surface area contributed by atoms with Crippen molar-refractivity contribution in [1.82, 2.24) is 14.9 Å². The van der Waals surface area contributed by atoms with Gasteiger partial charge in [-0.05, 0) is 24.3 Å². The van der Waals surface area contributed by atoms with Crippen LogP contribution in [0, 0.1) is 5.82 Å². The molecular weight excluding hydrogens is 377 g/mol. The minimum absolute atomic E-state index is 0.00868. The van der Waals surface area contributed by atoms with E-state index in [1.165, 1.54) is 30.3 Å². The van der Waals surface area contributed by atoms with E-state index in [-0.39, 0.29) is 28.7 Å². The molecule has 0 radical (unpaired) electrons. The first kappa shape index (κ1) is 17.4. The highest BCUT2D eigenvalue weighted by atomic mass is 32.2. The number of benzene rings is 2. The van der Waals surface area contributed by atoms with Crippen LogP contribution in [0.15, 0.2) is 51.9 Å². The fourth-order valence-corrected chi connectivity index (χ4v) is 3.50. The minimum atomic E-state index is -3.84. The molecule has 0 fully saturated rings. The van der Waals surface area contributed by atoms with Crippen LogP contribution >= 0.6 is 0 Å². The topological polar surface area (TPSA) is 104 Å². The second-order valence-electron chi connectivity index (χ2n) is 5.62. The van der Waals surface area contributed by atoms with Crippen molar-refractivity contribution >= 4 is 10.0 Å². The van der Waals surface area contributed by atoms with Crippen molar-refractivity contribution < 1.29 is 26.8 Å². The van der Waals surface area contributed by atoms with Gasteiger partial charge in [0.2, 0.25) is 21.7 Å². The molecule has 0 atom stereocenters. The highest BCUT2D eigenvalue weighted by Gasteiger charge is 2.20. The van der Waals surface area contributed by atoms with Gasteiger partial charge in [0, 0.05) is 6.07 Å². The molecule has 3 aromatic rings. The van der Waals surface area contributed by atoms with Gasteiger partial charge in [-0.15, -0.1) is 0 Å². The Labute approximate surface area is 154 Å². The summed E-state index contributed by atoms with van der Waals surface area (Å²) in [6.45, 7) is 0.530. The smallest absolute Gasteiger partial charge is 0.242 e. The van der Waals surface area contributed by atoms with E-state index >= 15 is 0 Å². The molecular formula is C17H14FN3O5S. The zero-order valence-electron chi connectivity index (χ0n) is 13.9. The molecule has 4 rings (SSSR count). The highest BCUT2D eigenvalue weighted by Crippen LogP contribution is 2.32. The molecule has 27 heavy (non-hydrogen) atoms. The molecule has 0 aliphatic carbocycles. The SMILES string of the molecule is O=S(=O)(NCc1nc(-c2ccccc2F)no1)c1ccc2c(c1)OCCO2. The normalized spacial score (nSPS) is 13.5. The van der Waals surface area contributed by atoms with Gasteiger partial charge in [0.25, 0.3) is 0 Å². The number of fused-ring (bicyclic) bond motifs is 1. The molecule has 0 saturated heterocycles. The Morgan fingerprint density at radius 2 is 1.85 bits per heavy atom. The Bertz CT molecular complexity index is 1080. The van der Waals surface area contributed by atoms with Crippen LogP contribution in [0.5, 0.6) is 11.5 Å². The number of sulfonamides is 1. The molecule has 2 heterocycles. The zero-order valence-corrected chi connectivity index (χ0v) is 14.7. The molecule has 0 spiro atoms. The molecule has 140 valence electrons. The van der Waals surface area contributed by atoms with E-state index in [2.05, 4.69) is 14.9 Å². The van der Waals surface area contributed by atoms with Gasteiger partial charge < -0.3 is 14.0 Å². The van der Waals surface area contributed by atoms with Gasteiger partial charge in [0.05, 0.1) is 17.0 Å².